The number of aromatic nitrogens is 3. The van der Waals surface area contributed by atoms with E-state index in [1.165, 1.54) is 0 Å². The Morgan fingerprint density at radius 1 is 0.258 bits per heavy atom. The maximum Gasteiger partial charge on any atom is 0.164 e. The SMILES string of the molecule is c1ccc(-c2cccc(-c3nc(-c4ccc(-c5ccc(-c6ccc7c(c6)oc6ccccc67)c6c5oc5ccccc56)cc4)nc(-c4cccc(-c5ccccc5)c4)n3)c2)cc1. The van der Waals surface area contributed by atoms with Crippen molar-refractivity contribution in [1.29, 1.82) is 0 Å². The Labute approximate surface area is 357 Å². The van der Waals surface area contributed by atoms with E-state index in [9.17, 15) is 0 Å². The molecule has 9 aromatic carbocycles. The van der Waals surface area contributed by atoms with Gasteiger partial charge in [-0.1, -0.05) is 170 Å². The van der Waals surface area contributed by atoms with E-state index in [0.717, 1.165) is 105 Å². The Kier molecular flexibility index (Phi) is 8.42. The van der Waals surface area contributed by atoms with Crippen LogP contribution in [0, 0.1) is 0 Å². The molecule has 290 valence electrons. The monoisotopic (exact) mass is 793 g/mol. The molecule has 3 heterocycles. The van der Waals surface area contributed by atoms with Crippen molar-refractivity contribution < 1.29 is 8.83 Å². The van der Waals surface area contributed by atoms with Crippen LogP contribution in [0.3, 0.4) is 0 Å². The Balaban J connectivity index is 0.967. The van der Waals surface area contributed by atoms with Crippen LogP contribution in [0.15, 0.2) is 221 Å². The van der Waals surface area contributed by atoms with Crippen LogP contribution in [0.2, 0.25) is 0 Å². The van der Waals surface area contributed by atoms with Gasteiger partial charge in [-0.15, -0.1) is 0 Å². The number of rotatable bonds is 7. The van der Waals surface area contributed by atoms with Gasteiger partial charge >= 0.3 is 0 Å². The van der Waals surface area contributed by atoms with Gasteiger partial charge < -0.3 is 8.83 Å². The third kappa shape index (κ3) is 6.23. The average Bonchev–Trinajstić information content (AvgIpc) is 3.93. The molecule has 0 bridgehead atoms. The van der Waals surface area contributed by atoms with E-state index in [-0.39, 0.29) is 0 Å². The fourth-order valence-electron chi connectivity index (χ4n) is 8.69. The van der Waals surface area contributed by atoms with Gasteiger partial charge in [0.2, 0.25) is 0 Å². The fourth-order valence-corrected chi connectivity index (χ4v) is 8.69. The Bertz CT molecular complexity index is 3530. The van der Waals surface area contributed by atoms with E-state index in [4.69, 9.17) is 23.8 Å². The molecule has 12 rings (SSSR count). The Morgan fingerprint density at radius 2 is 0.726 bits per heavy atom. The van der Waals surface area contributed by atoms with E-state index >= 15 is 0 Å². The summed E-state index contributed by atoms with van der Waals surface area (Å²) in [6.45, 7) is 0. The van der Waals surface area contributed by atoms with Gasteiger partial charge in [-0.05, 0) is 81.4 Å². The topological polar surface area (TPSA) is 65.0 Å². The smallest absolute Gasteiger partial charge is 0.164 e. The molecule has 0 spiro atoms. The van der Waals surface area contributed by atoms with Gasteiger partial charge in [-0.3, -0.25) is 0 Å². The van der Waals surface area contributed by atoms with Gasteiger partial charge in [0.15, 0.2) is 17.5 Å². The van der Waals surface area contributed by atoms with E-state index < -0.39 is 0 Å². The van der Waals surface area contributed by atoms with Crippen LogP contribution in [-0.4, -0.2) is 15.0 Å². The highest BCUT2D eigenvalue weighted by Crippen LogP contribution is 2.43. The standard InChI is InChI=1S/C57H35N3O2/c1-3-13-36(14-4-1)40-17-11-19-43(33-40)56-58-55(59-57(60-56)44-20-12-18-41(34-44)37-15-5-2-6-16-37)39-27-25-38(26-28-39)46-32-31-45(53-49-22-8-10-24-51(49)62-54(46)53)42-29-30-48-47-21-7-9-23-50(47)61-52(48)35-42/h1-35H. The Morgan fingerprint density at radius 3 is 1.37 bits per heavy atom. The first-order chi connectivity index (χ1) is 30.7. The van der Waals surface area contributed by atoms with Gasteiger partial charge in [-0.25, -0.2) is 15.0 Å². The molecular formula is C57H35N3O2. The first kappa shape index (κ1) is 35.5. The van der Waals surface area contributed by atoms with Gasteiger partial charge in [0, 0.05) is 43.8 Å². The summed E-state index contributed by atoms with van der Waals surface area (Å²) >= 11 is 0. The lowest BCUT2D eigenvalue weighted by molar-refractivity contribution is 0.668. The molecular weight excluding hydrogens is 759 g/mol. The fraction of sp³-hybridized carbons (Fsp3) is 0. The molecule has 0 fully saturated rings. The van der Waals surface area contributed by atoms with E-state index in [2.05, 4.69) is 176 Å². The summed E-state index contributed by atoms with van der Waals surface area (Å²) in [5.74, 6) is 1.81. The average molecular weight is 794 g/mol. The van der Waals surface area contributed by atoms with E-state index in [1.807, 2.05) is 36.4 Å². The molecule has 5 heteroatoms. The first-order valence-corrected chi connectivity index (χ1v) is 20.7. The van der Waals surface area contributed by atoms with Crippen LogP contribution >= 0.6 is 0 Å². The number of furan rings is 2. The molecule has 0 aliphatic carbocycles. The summed E-state index contributed by atoms with van der Waals surface area (Å²) in [6.07, 6.45) is 0. The highest BCUT2D eigenvalue weighted by molar-refractivity contribution is 6.17. The van der Waals surface area contributed by atoms with Crippen molar-refractivity contribution >= 4 is 43.9 Å². The third-order valence-electron chi connectivity index (χ3n) is 11.8. The molecule has 0 saturated heterocycles. The summed E-state index contributed by atoms with van der Waals surface area (Å²) in [6, 6.07) is 73.3. The number of nitrogens with zero attached hydrogens (tertiary/aromatic N) is 3. The maximum atomic E-state index is 6.71. The van der Waals surface area contributed by atoms with Gasteiger partial charge in [-0.2, -0.15) is 0 Å². The predicted octanol–water partition coefficient (Wildman–Crippen LogP) is 15.3. The van der Waals surface area contributed by atoms with Crippen molar-refractivity contribution in [3.05, 3.63) is 212 Å². The zero-order chi connectivity index (χ0) is 41.0. The predicted molar refractivity (Wildman–Crippen MR) is 252 cm³/mol. The molecule has 3 aromatic heterocycles. The van der Waals surface area contributed by atoms with E-state index in [1.54, 1.807) is 0 Å². The summed E-state index contributed by atoms with van der Waals surface area (Å²) in [4.78, 5) is 15.4. The molecule has 0 aliphatic heterocycles. The number of hydrogen-bond donors (Lipinski definition) is 0. The molecule has 0 N–H and O–H groups in total. The highest BCUT2D eigenvalue weighted by Gasteiger charge is 2.19. The summed E-state index contributed by atoms with van der Waals surface area (Å²) in [7, 11) is 0. The van der Waals surface area contributed by atoms with Crippen molar-refractivity contribution in [2.75, 3.05) is 0 Å². The second-order valence-corrected chi connectivity index (χ2v) is 15.5. The minimum absolute atomic E-state index is 0.594. The van der Waals surface area contributed by atoms with Crippen molar-refractivity contribution in [2.24, 2.45) is 0 Å². The number of hydrogen-bond acceptors (Lipinski definition) is 5. The molecule has 5 nitrogen and oxygen atoms in total. The normalized spacial score (nSPS) is 11.5. The van der Waals surface area contributed by atoms with E-state index in [0.29, 0.717) is 17.5 Å². The minimum Gasteiger partial charge on any atom is -0.456 e. The van der Waals surface area contributed by atoms with Crippen LogP contribution < -0.4 is 0 Å². The molecule has 0 aliphatic rings. The molecule has 0 unspecified atom stereocenters. The number of fused-ring (bicyclic) bond motifs is 6. The second-order valence-electron chi connectivity index (χ2n) is 15.5. The first-order valence-electron chi connectivity index (χ1n) is 20.7. The lowest BCUT2D eigenvalue weighted by Gasteiger charge is -2.11. The van der Waals surface area contributed by atoms with Crippen LogP contribution in [0.25, 0.3) is 123 Å². The van der Waals surface area contributed by atoms with Crippen LogP contribution in [0.5, 0.6) is 0 Å². The lowest BCUT2D eigenvalue weighted by Crippen LogP contribution is -2.00. The molecule has 0 radical (unpaired) electrons. The van der Waals surface area contributed by atoms with Crippen LogP contribution in [0.4, 0.5) is 0 Å². The molecule has 0 saturated carbocycles. The number of para-hydroxylation sites is 2. The quantitative estimate of drug-likeness (QED) is 0.161. The summed E-state index contributed by atoms with van der Waals surface area (Å²) in [5, 5.41) is 4.36. The largest absolute Gasteiger partial charge is 0.456 e. The summed E-state index contributed by atoms with van der Waals surface area (Å²) in [5.41, 5.74) is 14.8. The van der Waals surface area contributed by atoms with Crippen LogP contribution in [-0.2, 0) is 0 Å². The van der Waals surface area contributed by atoms with Crippen LogP contribution in [0.1, 0.15) is 0 Å². The highest BCUT2D eigenvalue weighted by atomic mass is 16.3. The van der Waals surface area contributed by atoms with Gasteiger partial charge in [0.25, 0.3) is 0 Å². The molecule has 0 atom stereocenters. The minimum atomic E-state index is 0.594. The van der Waals surface area contributed by atoms with Gasteiger partial charge in [0.1, 0.15) is 22.3 Å². The Hall–Kier alpha value is -8.41. The van der Waals surface area contributed by atoms with Crippen molar-refractivity contribution in [3.8, 4) is 78.7 Å². The van der Waals surface area contributed by atoms with Crippen molar-refractivity contribution in [1.82, 2.24) is 15.0 Å². The zero-order valence-electron chi connectivity index (χ0n) is 33.4. The molecule has 62 heavy (non-hydrogen) atoms. The third-order valence-corrected chi connectivity index (χ3v) is 11.8. The zero-order valence-corrected chi connectivity index (χ0v) is 33.4. The maximum absolute atomic E-state index is 6.71. The van der Waals surface area contributed by atoms with Crippen molar-refractivity contribution in [3.63, 3.8) is 0 Å². The van der Waals surface area contributed by atoms with Gasteiger partial charge in [0.05, 0.1) is 0 Å². The molecule has 0 amide bonds. The molecule has 12 aromatic rings. The second kappa shape index (κ2) is 14.7. The number of benzene rings is 9. The summed E-state index contributed by atoms with van der Waals surface area (Å²) < 4.78 is 13.0. The lowest BCUT2D eigenvalue weighted by atomic mass is 9.94. The van der Waals surface area contributed by atoms with Crippen molar-refractivity contribution in [2.45, 2.75) is 0 Å².